The predicted octanol–water partition coefficient (Wildman–Crippen LogP) is 3.12. The first-order valence-corrected chi connectivity index (χ1v) is 7.13. The fourth-order valence-corrected chi connectivity index (χ4v) is 2.22. The second-order valence-electron chi connectivity index (χ2n) is 5.77. The molecule has 2 heterocycles. The summed E-state index contributed by atoms with van der Waals surface area (Å²) in [6, 6.07) is 1.19. The zero-order valence-corrected chi connectivity index (χ0v) is 13.5. The maximum absolute atomic E-state index is 13.7. The van der Waals surface area contributed by atoms with Gasteiger partial charge in [-0.25, -0.2) is 4.79 Å². The molecular weight excluding hydrogens is 311 g/mol. The van der Waals surface area contributed by atoms with Crippen LogP contribution in [0.1, 0.15) is 38.1 Å². The molecule has 0 aliphatic rings. The molecule has 0 saturated carbocycles. The first-order valence-electron chi connectivity index (χ1n) is 6.75. The van der Waals surface area contributed by atoms with Crippen molar-refractivity contribution in [1.82, 2.24) is 9.55 Å². The van der Waals surface area contributed by atoms with Crippen molar-refractivity contribution in [2.45, 2.75) is 33.2 Å². The molecule has 5 nitrogen and oxygen atoms in total. The highest BCUT2D eigenvalue weighted by Gasteiger charge is 2.23. The lowest BCUT2D eigenvalue weighted by Gasteiger charge is -2.25. The Labute approximate surface area is 131 Å². The molecule has 0 fully saturated rings. The minimum atomic E-state index is -0.865. The number of aromatic nitrogens is 2. The van der Waals surface area contributed by atoms with Gasteiger partial charge in [0.15, 0.2) is 0 Å². The summed E-state index contributed by atoms with van der Waals surface area (Å²) < 4.78 is 20.1. The van der Waals surface area contributed by atoms with Crippen LogP contribution in [-0.4, -0.2) is 22.1 Å². The lowest BCUT2D eigenvalue weighted by Crippen LogP contribution is -2.29. The number of fused-ring (bicyclic) bond motifs is 1. The Morgan fingerprint density at radius 3 is 2.64 bits per heavy atom. The standard InChI is InChI=1S/C15H16ClFN2O3/c1-5-22-14(21)9-7-19(15(2,3)4)13-8(11(9)20)6-10(16)12(17)18-13/h6-7H,5H2,1-4H3. The molecule has 0 atom stereocenters. The summed E-state index contributed by atoms with van der Waals surface area (Å²) in [5.74, 6) is -1.59. The van der Waals surface area contributed by atoms with Crippen LogP contribution in [0.15, 0.2) is 17.1 Å². The molecule has 0 spiro atoms. The lowest BCUT2D eigenvalue weighted by molar-refractivity contribution is 0.0524. The molecule has 118 valence electrons. The highest BCUT2D eigenvalue weighted by molar-refractivity contribution is 6.31. The van der Waals surface area contributed by atoms with Crippen molar-refractivity contribution in [1.29, 1.82) is 0 Å². The van der Waals surface area contributed by atoms with Gasteiger partial charge < -0.3 is 9.30 Å². The number of esters is 1. The topological polar surface area (TPSA) is 61.2 Å². The van der Waals surface area contributed by atoms with E-state index in [9.17, 15) is 14.0 Å². The summed E-state index contributed by atoms with van der Waals surface area (Å²) in [5, 5.41) is -0.196. The second-order valence-corrected chi connectivity index (χ2v) is 6.17. The van der Waals surface area contributed by atoms with E-state index in [1.54, 1.807) is 11.5 Å². The Kier molecular flexibility index (Phi) is 4.24. The Morgan fingerprint density at radius 2 is 2.09 bits per heavy atom. The van der Waals surface area contributed by atoms with E-state index in [1.165, 1.54) is 12.3 Å². The van der Waals surface area contributed by atoms with Crippen LogP contribution in [0.25, 0.3) is 11.0 Å². The number of halogens is 2. The maximum atomic E-state index is 13.7. The first-order chi connectivity index (χ1) is 10.2. The molecule has 2 rings (SSSR count). The minimum absolute atomic E-state index is 0.0758. The SMILES string of the molecule is CCOC(=O)c1cn(C(C)(C)C)c2nc(F)c(Cl)cc2c1=O. The zero-order chi connectivity index (χ0) is 16.7. The molecule has 0 aliphatic carbocycles. The minimum Gasteiger partial charge on any atom is -0.462 e. The summed E-state index contributed by atoms with van der Waals surface area (Å²) in [7, 11) is 0. The van der Waals surface area contributed by atoms with Crippen LogP contribution < -0.4 is 5.43 Å². The molecule has 0 aromatic carbocycles. The summed E-state index contributed by atoms with van der Waals surface area (Å²) in [6.45, 7) is 7.34. The molecule has 0 amide bonds. The van der Waals surface area contributed by atoms with E-state index in [0.29, 0.717) is 0 Å². The first kappa shape index (κ1) is 16.4. The fraction of sp³-hybridized carbons (Fsp3) is 0.400. The van der Waals surface area contributed by atoms with Gasteiger partial charge in [0.25, 0.3) is 0 Å². The number of rotatable bonds is 2. The van der Waals surface area contributed by atoms with Gasteiger partial charge in [-0.15, -0.1) is 0 Å². The maximum Gasteiger partial charge on any atom is 0.343 e. The number of nitrogens with zero attached hydrogens (tertiary/aromatic N) is 2. The van der Waals surface area contributed by atoms with Gasteiger partial charge in [-0.05, 0) is 33.8 Å². The average Bonchev–Trinajstić information content (AvgIpc) is 2.40. The number of ether oxygens (including phenoxy) is 1. The van der Waals surface area contributed by atoms with E-state index >= 15 is 0 Å². The van der Waals surface area contributed by atoms with E-state index < -0.39 is 22.9 Å². The van der Waals surface area contributed by atoms with Crippen molar-refractivity contribution in [2.24, 2.45) is 0 Å². The molecule has 7 heteroatoms. The molecule has 0 aliphatic heterocycles. The molecule has 2 aromatic heterocycles. The quantitative estimate of drug-likeness (QED) is 0.628. The van der Waals surface area contributed by atoms with Crippen LogP contribution in [-0.2, 0) is 10.3 Å². The van der Waals surface area contributed by atoms with E-state index in [2.05, 4.69) is 4.98 Å². The molecule has 2 aromatic rings. The third-order valence-corrected chi connectivity index (χ3v) is 3.37. The number of pyridine rings is 2. The largest absolute Gasteiger partial charge is 0.462 e. The Balaban J connectivity index is 2.92. The highest BCUT2D eigenvalue weighted by Crippen LogP contribution is 2.23. The van der Waals surface area contributed by atoms with Crippen LogP contribution in [0.2, 0.25) is 5.02 Å². The number of carbonyl (C=O) groups is 1. The van der Waals surface area contributed by atoms with Crippen LogP contribution in [0.3, 0.4) is 0 Å². The summed E-state index contributed by atoms with van der Waals surface area (Å²) >= 11 is 5.72. The molecule has 0 N–H and O–H groups in total. The van der Waals surface area contributed by atoms with Crippen molar-refractivity contribution in [3.63, 3.8) is 0 Å². The van der Waals surface area contributed by atoms with E-state index in [0.717, 1.165) is 0 Å². The van der Waals surface area contributed by atoms with Crippen LogP contribution >= 0.6 is 11.6 Å². The molecular formula is C15H16ClFN2O3. The average molecular weight is 327 g/mol. The number of hydrogen-bond acceptors (Lipinski definition) is 4. The van der Waals surface area contributed by atoms with Crippen molar-refractivity contribution < 1.29 is 13.9 Å². The van der Waals surface area contributed by atoms with Gasteiger partial charge in [0.2, 0.25) is 11.4 Å². The zero-order valence-electron chi connectivity index (χ0n) is 12.7. The van der Waals surface area contributed by atoms with Crippen molar-refractivity contribution in [3.8, 4) is 0 Å². The van der Waals surface area contributed by atoms with Crippen molar-refractivity contribution >= 4 is 28.6 Å². The van der Waals surface area contributed by atoms with Gasteiger partial charge in [0, 0.05) is 11.7 Å². The van der Waals surface area contributed by atoms with Gasteiger partial charge >= 0.3 is 5.97 Å². The van der Waals surface area contributed by atoms with Gasteiger partial charge in [-0.2, -0.15) is 9.37 Å². The molecule has 0 bridgehead atoms. The molecule has 22 heavy (non-hydrogen) atoms. The van der Waals surface area contributed by atoms with Crippen LogP contribution in [0.5, 0.6) is 0 Å². The Bertz CT molecular complexity index is 809. The number of carbonyl (C=O) groups excluding carboxylic acids is 1. The smallest absolute Gasteiger partial charge is 0.343 e. The molecule has 0 radical (unpaired) electrons. The normalized spacial score (nSPS) is 11.7. The van der Waals surface area contributed by atoms with Crippen molar-refractivity contribution in [2.75, 3.05) is 6.61 Å². The second kappa shape index (κ2) is 5.68. The highest BCUT2D eigenvalue weighted by atomic mass is 35.5. The lowest BCUT2D eigenvalue weighted by atomic mass is 10.1. The molecule has 0 unspecified atom stereocenters. The van der Waals surface area contributed by atoms with Crippen LogP contribution in [0.4, 0.5) is 4.39 Å². The fourth-order valence-electron chi connectivity index (χ4n) is 2.07. The van der Waals surface area contributed by atoms with Gasteiger partial charge in [0.05, 0.1) is 17.0 Å². The Morgan fingerprint density at radius 1 is 1.45 bits per heavy atom. The monoisotopic (exact) mass is 326 g/mol. The summed E-state index contributed by atoms with van der Waals surface area (Å²) in [6.07, 6.45) is 1.35. The van der Waals surface area contributed by atoms with E-state index in [1.807, 2.05) is 20.8 Å². The van der Waals surface area contributed by atoms with Crippen LogP contribution in [0, 0.1) is 5.95 Å². The van der Waals surface area contributed by atoms with Gasteiger partial charge in [-0.3, -0.25) is 4.79 Å². The Hall–Kier alpha value is -1.95. The van der Waals surface area contributed by atoms with E-state index in [4.69, 9.17) is 16.3 Å². The summed E-state index contributed by atoms with van der Waals surface area (Å²) in [5.41, 5.74) is -1.11. The van der Waals surface area contributed by atoms with Gasteiger partial charge in [-0.1, -0.05) is 11.6 Å². The molecule has 0 saturated heterocycles. The van der Waals surface area contributed by atoms with Gasteiger partial charge in [0.1, 0.15) is 11.2 Å². The van der Waals surface area contributed by atoms with E-state index in [-0.39, 0.29) is 28.2 Å². The number of hydrogen-bond donors (Lipinski definition) is 0. The summed E-state index contributed by atoms with van der Waals surface area (Å²) in [4.78, 5) is 28.2. The third-order valence-electron chi connectivity index (χ3n) is 3.11. The third kappa shape index (κ3) is 2.83. The predicted molar refractivity (Wildman–Crippen MR) is 81.9 cm³/mol. The van der Waals surface area contributed by atoms with Crippen molar-refractivity contribution in [3.05, 3.63) is 39.0 Å².